The molecular weight excluding hydrogens is 244 g/mol. The lowest BCUT2D eigenvalue weighted by Gasteiger charge is -2.09. The molecule has 0 heterocycles. The summed E-state index contributed by atoms with van der Waals surface area (Å²) in [6, 6.07) is 13.9. The van der Waals surface area contributed by atoms with Crippen molar-refractivity contribution in [3.8, 4) is 11.5 Å². The number of hydrogen-bond donors (Lipinski definition) is 1. The molecule has 1 N–H and O–H groups in total. The lowest BCUT2D eigenvalue weighted by molar-refractivity contribution is -0.101. The molecule has 19 heavy (non-hydrogen) atoms. The molecule has 0 radical (unpaired) electrons. The van der Waals surface area contributed by atoms with Crippen molar-refractivity contribution in [1.82, 2.24) is 0 Å². The third-order valence-corrected chi connectivity index (χ3v) is 2.66. The molecule has 2 aromatic rings. The molecule has 0 spiro atoms. The summed E-state index contributed by atoms with van der Waals surface area (Å²) in [6.45, 7) is 1.98. The van der Waals surface area contributed by atoms with Gasteiger partial charge < -0.3 is 5.11 Å². The average molecular weight is 258 g/mol. The van der Waals surface area contributed by atoms with Crippen LogP contribution in [-0.4, -0.2) is 11.1 Å². The minimum absolute atomic E-state index is 0.0770. The molecule has 4 nitrogen and oxygen atoms in total. The Labute approximate surface area is 111 Å². The molecule has 0 fully saturated rings. The number of aryl methyl sites for hydroxylation is 1. The predicted octanol–water partition coefficient (Wildman–Crippen LogP) is 3.32. The molecule has 0 saturated heterocycles. The van der Waals surface area contributed by atoms with Crippen molar-refractivity contribution < 1.29 is 19.7 Å². The van der Waals surface area contributed by atoms with Crippen LogP contribution in [-0.2, 0) is 6.42 Å². The summed E-state index contributed by atoms with van der Waals surface area (Å²) in [6.07, 6.45) is 0.793. The van der Waals surface area contributed by atoms with Gasteiger partial charge in [-0.2, -0.15) is 0 Å². The van der Waals surface area contributed by atoms with Gasteiger partial charge in [0.2, 0.25) is 0 Å². The monoisotopic (exact) mass is 258 g/mol. The fourth-order valence-corrected chi connectivity index (χ4v) is 1.60. The van der Waals surface area contributed by atoms with Gasteiger partial charge in [-0.3, -0.25) is 9.78 Å². The third-order valence-electron chi connectivity index (χ3n) is 2.66. The van der Waals surface area contributed by atoms with Gasteiger partial charge in [0.1, 0.15) is 5.56 Å². The number of hydrogen-bond acceptors (Lipinski definition) is 3. The molecule has 98 valence electrons. The lowest BCUT2D eigenvalue weighted by atomic mass is 10.1. The molecule has 0 amide bonds. The van der Waals surface area contributed by atoms with E-state index in [1.165, 1.54) is 6.07 Å². The molecule has 2 aromatic carbocycles. The normalized spacial score (nSPS) is 9.95. The molecule has 0 aromatic heterocycles. The summed E-state index contributed by atoms with van der Waals surface area (Å²) in [5.41, 5.74) is 1.06. The van der Waals surface area contributed by atoms with Crippen LogP contribution in [0.4, 0.5) is 0 Å². The lowest BCUT2D eigenvalue weighted by Crippen LogP contribution is -2.07. The molecule has 2 rings (SSSR count). The average Bonchev–Trinajstić information content (AvgIpc) is 2.45. The first-order chi connectivity index (χ1) is 9.20. The zero-order valence-corrected chi connectivity index (χ0v) is 10.5. The highest BCUT2D eigenvalue weighted by molar-refractivity contribution is 5.90. The predicted molar refractivity (Wildman–Crippen MR) is 70.5 cm³/mol. The van der Waals surface area contributed by atoms with Crippen LogP contribution in [0.15, 0.2) is 48.5 Å². The number of carboxylic acid groups (broad SMARTS) is 1. The van der Waals surface area contributed by atoms with Gasteiger partial charge in [-0.1, -0.05) is 31.2 Å². The fourth-order valence-electron chi connectivity index (χ4n) is 1.60. The largest absolute Gasteiger partial charge is 0.478 e. The van der Waals surface area contributed by atoms with Gasteiger partial charge in [0, 0.05) is 0 Å². The van der Waals surface area contributed by atoms with E-state index in [0.717, 1.165) is 12.0 Å². The van der Waals surface area contributed by atoms with Crippen LogP contribution in [0.3, 0.4) is 0 Å². The Kier molecular flexibility index (Phi) is 4.03. The van der Waals surface area contributed by atoms with E-state index in [1.54, 1.807) is 36.4 Å². The number of para-hydroxylation sites is 1. The van der Waals surface area contributed by atoms with Crippen molar-refractivity contribution in [2.24, 2.45) is 0 Å². The first-order valence-electron chi connectivity index (χ1n) is 5.96. The Morgan fingerprint density at radius 3 is 2.47 bits per heavy atom. The van der Waals surface area contributed by atoms with Crippen LogP contribution in [0.25, 0.3) is 0 Å². The molecule has 0 bridgehead atoms. The van der Waals surface area contributed by atoms with Crippen molar-refractivity contribution in [2.45, 2.75) is 13.3 Å². The Hall–Kier alpha value is -2.49. The summed E-state index contributed by atoms with van der Waals surface area (Å²) in [4.78, 5) is 21.4. The maximum atomic E-state index is 11.1. The zero-order chi connectivity index (χ0) is 13.7. The van der Waals surface area contributed by atoms with E-state index in [4.69, 9.17) is 14.9 Å². The van der Waals surface area contributed by atoms with Crippen molar-refractivity contribution >= 4 is 5.97 Å². The Bertz CT molecular complexity index is 564. The van der Waals surface area contributed by atoms with Crippen LogP contribution < -0.4 is 9.78 Å². The number of rotatable bonds is 5. The summed E-state index contributed by atoms with van der Waals surface area (Å²) >= 11 is 0. The van der Waals surface area contributed by atoms with Crippen LogP contribution in [0, 0.1) is 0 Å². The minimum Gasteiger partial charge on any atom is -0.478 e. The summed E-state index contributed by atoms with van der Waals surface area (Å²) in [5, 5.41) is 9.09. The molecule has 0 atom stereocenters. The van der Waals surface area contributed by atoms with Crippen LogP contribution in [0.1, 0.15) is 22.8 Å². The van der Waals surface area contributed by atoms with E-state index < -0.39 is 5.97 Å². The SMILES string of the molecule is CCc1ccc(C(=O)O)c(OOc2ccccc2)c1. The molecule has 0 aliphatic heterocycles. The number of carboxylic acids is 1. The van der Waals surface area contributed by atoms with E-state index in [-0.39, 0.29) is 11.3 Å². The maximum Gasteiger partial charge on any atom is 0.339 e. The second-order valence-electron chi connectivity index (χ2n) is 3.97. The molecule has 0 saturated carbocycles. The van der Waals surface area contributed by atoms with Crippen molar-refractivity contribution in [3.05, 3.63) is 59.7 Å². The zero-order valence-electron chi connectivity index (χ0n) is 10.5. The van der Waals surface area contributed by atoms with Crippen molar-refractivity contribution in [3.63, 3.8) is 0 Å². The fraction of sp³-hybridized carbons (Fsp3) is 0.133. The first-order valence-corrected chi connectivity index (χ1v) is 5.96. The van der Waals surface area contributed by atoms with Crippen LogP contribution in [0.5, 0.6) is 11.5 Å². The summed E-state index contributed by atoms with van der Waals surface area (Å²) in [5.74, 6) is -0.328. The first kappa shape index (κ1) is 13.0. The minimum atomic E-state index is -1.05. The van der Waals surface area contributed by atoms with Gasteiger partial charge in [0.15, 0.2) is 11.5 Å². The third kappa shape index (κ3) is 3.25. The molecule has 4 heteroatoms. The molecule has 0 unspecified atom stereocenters. The maximum absolute atomic E-state index is 11.1. The number of carbonyl (C=O) groups is 1. The Morgan fingerprint density at radius 2 is 1.84 bits per heavy atom. The van der Waals surface area contributed by atoms with E-state index in [2.05, 4.69) is 0 Å². The van der Waals surface area contributed by atoms with E-state index >= 15 is 0 Å². The Balaban J connectivity index is 2.20. The summed E-state index contributed by atoms with van der Waals surface area (Å²) in [7, 11) is 0. The van der Waals surface area contributed by atoms with Gasteiger partial charge in [0.25, 0.3) is 0 Å². The molecule has 0 aliphatic rings. The highest BCUT2D eigenvalue weighted by Crippen LogP contribution is 2.22. The second-order valence-corrected chi connectivity index (χ2v) is 3.97. The van der Waals surface area contributed by atoms with Crippen molar-refractivity contribution in [2.75, 3.05) is 0 Å². The highest BCUT2D eigenvalue weighted by atomic mass is 17.2. The molecule has 0 aliphatic carbocycles. The van der Waals surface area contributed by atoms with E-state index in [1.807, 2.05) is 13.0 Å². The van der Waals surface area contributed by atoms with Gasteiger partial charge in [-0.05, 0) is 36.2 Å². The van der Waals surface area contributed by atoms with Crippen molar-refractivity contribution in [1.29, 1.82) is 0 Å². The van der Waals surface area contributed by atoms with Gasteiger partial charge in [-0.25, -0.2) is 4.79 Å². The summed E-state index contributed by atoms with van der Waals surface area (Å²) < 4.78 is 0. The number of aromatic carboxylic acids is 1. The number of benzene rings is 2. The van der Waals surface area contributed by atoms with Gasteiger partial charge >= 0.3 is 5.97 Å². The quantitative estimate of drug-likeness (QED) is 0.660. The van der Waals surface area contributed by atoms with E-state index in [0.29, 0.717) is 5.75 Å². The van der Waals surface area contributed by atoms with Crippen LogP contribution in [0.2, 0.25) is 0 Å². The topological polar surface area (TPSA) is 55.8 Å². The van der Waals surface area contributed by atoms with Crippen LogP contribution >= 0.6 is 0 Å². The smallest absolute Gasteiger partial charge is 0.339 e. The standard InChI is InChI=1S/C15H14O4/c1-2-11-8-9-13(15(16)17)14(10-11)19-18-12-6-4-3-5-7-12/h3-10H,2H2,1H3,(H,16,17). The van der Waals surface area contributed by atoms with Gasteiger partial charge in [-0.15, -0.1) is 0 Å². The second kappa shape index (κ2) is 5.91. The molecular formula is C15H14O4. The highest BCUT2D eigenvalue weighted by Gasteiger charge is 2.13. The Morgan fingerprint density at radius 1 is 1.11 bits per heavy atom. The van der Waals surface area contributed by atoms with Gasteiger partial charge in [0.05, 0.1) is 0 Å². The van der Waals surface area contributed by atoms with E-state index in [9.17, 15) is 4.79 Å².